The Morgan fingerprint density at radius 3 is 2.67 bits per heavy atom. The molecule has 0 spiro atoms. The van der Waals surface area contributed by atoms with Crippen LogP contribution in [0.5, 0.6) is 0 Å². The van der Waals surface area contributed by atoms with E-state index in [1.54, 1.807) is 0 Å². The van der Waals surface area contributed by atoms with Crippen molar-refractivity contribution in [1.29, 1.82) is 0 Å². The minimum absolute atomic E-state index is 0.323. The smallest absolute Gasteiger partial charge is 0.222 e. The normalized spacial score (nSPS) is 24.2. The Kier molecular flexibility index (Phi) is 3.09. The summed E-state index contributed by atoms with van der Waals surface area (Å²) >= 11 is 0. The molecule has 3 nitrogen and oxygen atoms in total. The highest BCUT2D eigenvalue weighted by Crippen LogP contribution is 2.16. The SMILES string of the molecule is CC1CCC(=O)N1CCN(C)C. The Hall–Kier alpha value is -0.570. The van der Waals surface area contributed by atoms with E-state index in [2.05, 4.69) is 11.8 Å². The lowest BCUT2D eigenvalue weighted by molar-refractivity contribution is -0.128. The van der Waals surface area contributed by atoms with Crippen LogP contribution in [0.15, 0.2) is 0 Å². The molecule has 1 atom stereocenters. The van der Waals surface area contributed by atoms with Crippen molar-refractivity contribution in [2.24, 2.45) is 0 Å². The molecule has 1 rings (SSSR count). The zero-order valence-electron chi connectivity index (χ0n) is 8.21. The van der Waals surface area contributed by atoms with Crippen molar-refractivity contribution < 1.29 is 4.79 Å². The zero-order valence-corrected chi connectivity index (χ0v) is 8.21. The third-order valence-corrected chi connectivity index (χ3v) is 2.42. The number of carbonyl (C=O) groups excluding carboxylic acids is 1. The van der Waals surface area contributed by atoms with Crippen LogP contribution in [0, 0.1) is 0 Å². The fourth-order valence-corrected chi connectivity index (χ4v) is 1.53. The lowest BCUT2D eigenvalue weighted by Crippen LogP contribution is -2.36. The Morgan fingerprint density at radius 2 is 2.25 bits per heavy atom. The van der Waals surface area contributed by atoms with Gasteiger partial charge in [0, 0.05) is 25.6 Å². The highest BCUT2D eigenvalue weighted by molar-refractivity contribution is 5.78. The van der Waals surface area contributed by atoms with Crippen molar-refractivity contribution in [3.05, 3.63) is 0 Å². The average molecular weight is 170 g/mol. The summed E-state index contributed by atoms with van der Waals surface area (Å²) in [6, 6.07) is 0.456. The fraction of sp³-hybridized carbons (Fsp3) is 0.889. The monoisotopic (exact) mass is 170 g/mol. The number of hydrogen-bond acceptors (Lipinski definition) is 2. The first-order valence-electron chi connectivity index (χ1n) is 4.55. The Balaban J connectivity index is 2.34. The standard InChI is InChI=1S/C9H18N2O/c1-8-4-5-9(12)11(8)7-6-10(2)3/h8H,4-7H2,1-3H3. The molecule has 1 unspecified atom stereocenters. The molecule has 1 fully saturated rings. The summed E-state index contributed by atoms with van der Waals surface area (Å²) in [5.41, 5.74) is 0. The summed E-state index contributed by atoms with van der Waals surface area (Å²) < 4.78 is 0. The molecule has 0 aliphatic carbocycles. The van der Waals surface area contributed by atoms with Crippen LogP contribution >= 0.6 is 0 Å². The highest BCUT2D eigenvalue weighted by atomic mass is 16.2. The van der Waals surface area contributed by atoms with Gasteiger partial charge in [-0.1, -0.05) is 0 Å². The summed E-state index contributed by atoms with van der Waals surface area (Å²) in [4.78, 5) is 15.4. The molecular weight excluding hydrogens is 152 g/mol. The Bertz CT molecular complexity index is 168. The van der Waals surface area contributed by atoms with Gasteiger partial charge in [0.25, 0.3) is 0 Å². The number of likely N-dealkylation sites (tertiary alicyclic amines) is 1. The molecule has 3 heteroatoms. The van der Waals surface area contributed by atoms with E-state index in [1.807, 2.05) is 19.0 Å². The largest absolute Gasteiger partial charge is 0.339 e. The maximum absolute atomic E-state index is 11.3. The zero-order chi connectivity index (χ0) is 9.14. The Labute approximate surface area is 74.3 Å². The van der Waals surface area contributed by atoms with E-state index in [0.717, 1.165) is 25.9 Å². The van der Waals surface area contributed by atoms with Crippen molar-refractivity contribution in [3.8, 4) is 0 Å². The van der Waals surface area contributed by atoms with Gasteiger partial charge in [0.15, 0.2) is 0 Å². The number of nitrogens with zero attached hydrogens (tertiary/aromatic N) is 2. The van der Waals surface area contributed by atoms with Gasteiger partial charge in [0.1, 0.15) is 0 Å². The van der Waals surface area contributed by atoms with Crippen LogP contribution in [0.1, 0.15) is 19.8 Å². The van der Waals surface area contributed by atoms with Gasteiger partial charge < -0.3 is 9.80 Å². The van der Waals surface area contributed by atoms with E-state index in [9.17, 15) is 4.79 Å². The van der Waals surface area contributed by atoms with E-state index in [1.165, 1.54) is 0 Å². The van der Waals surface area contributed by atoms with E-state index in [0.29, 0.717) is 11.9 Å². The third-order valence-electron chi connectivity index (χ3n) is 2.42. The minimum atomic E-state index is 0.323. The van der Waals surface area contributed by atoms with Crippen molar-refractivity contribution in [3.63, 3.8) is 0 Å². The number of likely N-dealkylation sites (N-methyl/N-ethyl adjacent to an activating group) is 1. The maximum Gasteiger partial charge on any atom is 0.222 e. The third kappa shape index (κ3) is 2.21. The first-order valence-corrected chi connectivity index (χ1v) is 4.55. The molecule has 0 bridgehead atoms. The van der Waals surface area contributed by atoms with E-state index >= 15 is 0 Å². The predicted octanol–water partition coefficient (Wildman–Crippen LogP) is 0.559. The molecule has 0 aromatic rings. The van der Waals surface area contributed by atoms with Crippen molar-refractivity contribution >= 4 is 5.91 Å². The van der Waals surface area contributed by atoms with E-state index in [-0.39, 0.29) is 0 Å². The number of hydrogen-bond donors (Lipinski definition) is 0. The lowest BCUT2D eigenvalue weighted by Gasteiger charge is -2.23. The van der Waals surface area contributed by atoms with Gasteiger partial charge in [0.2, 0.25) is 5.91 Å². The summed E-state index contributed by atoms with van der Waals surface area (Å²) in [5.74, 6) is 0.323. The average Bonchev–Trinajstić information content (AvgIpc) is 2.28. The number of rotatable bonds is 3. The van der Waals surface area contributed by atoms with Crippen LogP contribution in [-0.4, -0.2) is 48.9 Å². The second-order valence-corrected chi connectivity index (χ2v) is 3.78. The van der Waals surface area contributed by atoms with E-state index < -0.39 is 0 Å². The molecule has 1 aliphatic heterocycles. The van der Waals surface area contributed by atoms with Crippen LogP contribution in [0.2, 0.25) is 0 Å². The van der Waals surface area contributed by atoms with Crippen LogP contribution in [-0.2, 0) is 4.79 Å². The van der Waals surface area contributed by atoms with Crippen LogP contribution < -0.4 is 0 Å². The molecule has 1 amide bonds. The first-order chi connectivity index (χ1) is 5.61. The summed E-state index contributed by atoms with van der Waals surface area (Å²) in [6.45, 7) is 3.98. The van der Waals surface area contributed by atoms with E-state index in [4.69, 9.17) is 0 Å². The van der Waals surface area contributed by atoms with Gasteiger partial charge in [-0.25, -0.2) is 0 Å². The maximum atomic E-state index is 11.3. The topological polar surface area (TPSA) is 23.6 Å². The first kappa shape index (κ1) is 9.52. The number of carbonyl (C=O) groups is 1. The van der Waals surface area contributed by atoms with Crippen LogP contribution in [0.4, 0.5) is 0 Å². The molecule has 0 aromatic carbocycles. The van der Waals surface area contributed by atoms with Crippen molar-refractivity contribution in [2.75, 3.05) is 27.2 Å². The molecule has 0 saturated carbocycles. The second-order valence-electron chi connectivity index (χ2n) is 3.78. The molecule has 1 aliphatic rings. The van der Waals surface area contributed by atoms with Crippen LogP contribution in [0.25, 0.3) is 0 Å². The van der Waals surface area contributed by atoms with Crippen LogP contribution in [0.3, 0.4) is 0 Å². The predicted molar refractivity (Wildman–Crippen MR) is 49.0 cm³/mol. The summed E-state index contributed by atoms with van der Waals surface area (Å²) in [7, 11) is 4.07. The molecule has 0 aromatic heterocycles. The molecule has 12 heavy (non-hydrogen) atoms. The van der Waals surface area contributed by atoms with Gasteiger partial charge in [0.05, 0.1) is 0 Å². The molecule has 0 N–H and O–H groups in total. The van der Waals surface area contributed by atoms with Crippen molar-refractivity contribution in [2.45, 2.75) is 25.8 Å². The van der Waals surface area contributed by atoms with Gasteiger partial charge in [-0.15, -0.1) is 0 Å². The fourth-order valence-electron chi connectivity index (χ4n) is 1.53. The Morgan fingerprint density at radius 1 is 1.58 bits per heavy atom. The summed E-state index contributed by atoms with van der Waals surface area (Å²) in [5, 5.41) is 0. The molecule has 1 heterocycles. The van der Waals surface area contributed by atoms with Gasteiger partial charge in [-0.3, -0.25) is 4.79 Å². The van der Waals surface area contributed by atoms with Crippen molar-refractivity contribution in [1.82, 2.24) is 9.80 Å². The quantitative estimate of drug-likeness (QED) is 0.618. The number of amides is 1. The minimum Gasteiger partial charge on any atom is -0.339 e. The molecule has 70 valence electrons. The van der Waals surface area contributed by atoms with Gasteiger partial charge in [-0.05, 0) is 27.4 Å². The summed E-state index contributed by atoms with van der Waals surface area (Å²) in [6.07, 6.45) is 1.78. The molecule has 0 radical (unpaired) electrons. The molecule has 1 saturated heterocycles. The molecular formula is C9H18N2O. The second kappa shape index (κ2) is 3.90. The van der Waals surface area contributed by atoms with Gasteiger partial charge in [-0.2, -0.15) is 0 Å². The van der Waals surface area contributed by atoms with Gasteiger partial charge >= 0.3 is 0 Å². The lowest BCUT2D eigenvalue weighted by atomic mass is 10.2. The highest BCUT2D eigenvalue weighted by Gasteiger charge is 2.26.